The number of rotatable bonds is 3. The Morgan fingerprint density at radius 2 is 1.91 bits per heavy atom. The van der Waals surface area contributed by atoms with Crippen LogP contribution in [-0.4, -0.2) is 22.6 Å². The highest BCUT2D eigenvalue weighted by molar-refractivity contribution is 5.74. The third-order valence-corrected chi connectivity index (χ3v) is 4.63. The highest BCUT2D eigenvalue weighted by Gasteiger charge is 2.47. The van der Waals surface area contributed by atoms with Gasteiger partial charge in [-0.15, -0.1) is 0 Å². The van der Waals surface area contributed by atoms with Crippen LogP contribution in [0.15, 0.2) is 54.6 Å². The summed E-state index contributed by atoms with van der Waals surface area (Å²) in [5.74, 6) is 0.412. The monoisotopic (exact) mass is 310 g/mol. The quantitative estimate of drug-likeness (QED) is 0.517. The number of nitrogens with two attached hydrogens (primary N) is 1. The van der Waals surface area contributed by atoms with E-state index in [0.717, 1.165) is 5.56 Å². The van der Waals surface area contributed by atoms with E-state index in [2.05, 4.69) is 24.5 Å². The van der Waals surface area contributed by atoms with Gasteiger partial charge in [0, 0.05) is 12.1 Å². The van der Waals surface area contributed by atoms with Crippen LogP contribution in [0.3, 0.4) is 0 Å². The van der Waals surface area contributed by atoms with Crippen molar-refractivity contribution in [2.75, 3.05) is 6.54 Å². The first-order valence-electron chi connectivity index (χ1n) is 7.75. The Hall–Kier alpha value is -2.53. The molecule has 1 heterocycles. The number of hydrogen-bond donors (Lipinski definition) is 4. The van der Waals surface area contributed by atoms with Gasteiger partial charge in [0.2, 0.25) is 5.96 Å². The largest absolute Gasteiger partial charge is 0.508 e. The lowest BCUT2D eigenvalue weighted by Crippen LogP contribution is -2.50. The van der Waals surface area contributed by atoms with E-state index in [4.69, 9.17) is 11.1 Å². The number of benzene rings is 2. The lowest BCUT2D eigenvalue weighted by Gasteiger charge is -2.35. The minimum atomic E-state index is -0.502. The molecule has 23 heavy (non-hydrogen) atoms. The minimum absolute atomic E-state index is 0.0118. The molecule has 2 unspecified atom stereocenters. The average molecular weight is 310 g/mol. The van der Waals surface area contributed by atoms with Crippen LogP contribution in [0.1, 0.15) is 18.1 Å². The highest BCUT2D eigenvalue weighted by atomic mass is 16.3. The van der Waals surface area contributed by atoms with Gasteiger partial charge in [0.1, 0.15) is 5.75 Å². The summed E-state index contributed by atoms with van der Waals surface area (Å²) >= 11 is 0. The molecule has 5 heteroatoms. The van der Waals surface area contributed by atoms with E-state index in [-0.39, 0.29) is 17.6 Å². The van der Waals surface area contributed by atoms with Crippen molar-refractivity contribution >= 4 is 5.96 Å². The second-order valence-corrected chi connectivity index (χ2v) is 6.16. The fourth-order valence-electron chi connectivity index (χ4n) is 3.39. The maximum Gasteiger partial charge on any atom is 0.203 e. The molecule has 0 bridgehead atoms. The third-order valence-electron chi connectivity index (χ3n) is 4.63. The van der Waals surface area contributed by atoms with Crippen molar-refractivity contribution in [3.63, 3.8) is 0 Å². The van der Waals surface area contributed by atoms with Gasteiger partial charge in [-0.25, -0.2) is 5.43 Å². The third kappa shape index (κ3) is 2.75. The number of phenolic OH excluding ortho intramolecular Hbond substituents is 1. The molecular formula is C18H22N4O. The van der Waals surface area contributed by atoms with Crippen molar-refractivity contribution < 1.29 is 5.11 Å². The zero-order chi connectivity index (χ0) is 16.4. The zero-order valence-corrected chi connectivity index (χ0v) is 13.2. The summed E-state index contributed by atoms with van der Waals surface area (Å²) in [6.45, 7) is 2.74. The predicted molar refractivity (Wildman–Crippen MR) is 90.9 cm³/mol. The Morgan fingerprint density at radius 3 is 2.52 bits per heavy atom. The first kappa shape index (κ1) is 15.4. The predicted octanol–water partition coefficient (Wildman–Crippen LogP) is 2.18. The molecule has 3 rings (SSSR count). The molecule has 1 aliphatic heterocycles. The standard InChI is InChI=1S/C18H22N4O/c1-13-12-22(17(19)20)21-18(13,11-14-7-3-2-4-8-14)15-9-5-6-10-16(15)23/h2-10,13,21,23H,11-12H2,1H3,(H3,19,20). The number of hydrogen-bond acceptors (Lipinski definition) is 3. The average Bonchev–Trinajstić information content (AvgIpc) is 2.87. The molecular weight excluding hydrogens is 288 g/mol. The van der Waals surface area contributed by atoms with E-state index in [1.807, 2.05) is 36.4 Å². The Morgan fingerprint density at radius 1 is 1.26 bits per heavy atom. The molecule has 0 aromatic heterocycles. The molecule has 0 aliphatic carbocycles. The van der Waals surface area contributed by atoms with Gasteiger partial charge in [0.15, 0.2) is 0 Å². The molecule has 2 aromatic rings. The minimum Gasteiger partial charge on any atom is -0.508 e. The topological polar surface area (TPSA) is 85.4 Å². The first-order chi connectivity index (χ1) is 11.0. The van der Waals surface area contributed by atoms with Crippen LogP contribution < -0.4 is 11.2 Å². The molecule has 1 aliphatic rings. The summed E-state index contributed by atoms with van der Waals surface area (Å²) in [7, 11) is 0. The second kappa shape index (κ2) is 5.93. The molecule has 0 radical (unpaired) electrons. The van der Waals surface area contributed by atoms with Gasteiger partial charge < -0.3 is 10.8 Å². The van der Waals surface area contributed by atoms with Gasteiger partial charge in [-0.3, -0.25) is 10.4 Å². The van der Waals surface area contributed by atoms with E-state index >= 15 is 0 Å². The van der Waals surface area contributed by atoms with E-state index in [9.17, 15) is 5.11 Å². The zero-order valence-electron chi connectivity index (χ0n) is 13.2. The van der Waals surface area contributed by atoms with Crippen molar-refractivity contribution in [1.29, 1.82) is 5.41 Å². The molecule has 120 valence electrons. The van der Waals surface area contributed by atoms with Gasteiger partial charge in [0.25, 0.3) is 0 Å². The van der Waals surface area contributed by atoms with Crippen molar-refractivity contribution in [3.05, 3.63) is 65.7 Å². The molecule has 2 atom stereocenters. The molecule has 1 saturated heterocycles. The molecule has 1 fully saturated rings. The fraction of sp³-hybridized carbons (Fsp3) is 0.278. The van der Waals surface area contributed by atoms with Crippen LogP contribution in [0.5, 0.6) is 5.75 Å². The van der Waals surface area contributed by atoms with Crippen LogP contribution in [0.4, 0.5) is 0 Å². The summed E-state index contributed by atoms with van der Waals surface area (Å²) in [5, 5.41) is 19.8. The summed E-state index contributed by atoms with van der Waals surface area (Å²) in [4.78, 5) is 0. The number of guanidine groups is 1. The van der Waals surface area contributed by atoms with Crippen LogP contribution in [0.2, 0.25) is 0 Å². The maximum absolute atomic E-state index is 10.4. The molecule has 0 saturated carbocycles. The number of phenols is 1. The highest BCUT2D eigenvalue weighted by Crippen LogP contribution is 2.41. The number of para-hydroxylation sites is 1. The first-order valence-corrected chi connectivity index (χ1v) is 7.75. The summed E-state index contributed by atoms with van der Waals surface area (Å²) in [6.07, 6.45) is 0.705. The van der Waals surface area contributed by atoms with E-state index in [0.29, 0.717) is 13.0 Å². The molecule has 0 spiro atoms. The molecule has 5 nitrogen and oxygen atoms in total. The number of nitrogens with zero attached hydrogens (tertiary/aromatic N) is 1. The van der Waals surface area contributed by atoms with Gasteiger partial charge in [-0.2, -0.15) is 0 Å². The van der Waals surface area contributed by atoms with Crippen LogP contribution in [0, 0.1) is 11.3 Å². The number of nitrogens with one attached hydrogen (secondary N) is 2. The van der Waals surface area contributed by atoms with Crippen LogP contribution >= 0.6 is 0 Å². The Labute approximate surface area is 136 Å². The number of aromatic hydroxyl groups is 1. The van der Waals surface area contributed by atoms with E-state index < -0.39 is 5.54 Å². The van der Waals surface area contributed by atoms with Gasteiger partial charge >= 0.3 is 0 Å². The van der Waals surface area contributed by atoms with Crippen molar-refractivity contribution in [2.45, 2.75) is 18.9 Å². The second-order valence-electron chi connectivity index (χ2n) is 6.16. The maximum atomic E-state index is 10.4. The molecule has 2 aromatic carbocycles. The van der Waals surface area contributed by atoms with Gasteiger partial charge in [-0.05, 0) is 24.0 Å². The van der Waals surface area contributed by atoms with E-state index in [1.165, 1.54) is 5.56 Å². The van der Waals surface area contributed by atoms with Gasteiger partial charge in [0.05, 0.1) is 5.54 Å². The Kier molecular flexibility index (Phi) is 3.96. The smallest absolute Gasteiger partial charge is 0.203 e. The lowest BCUT2D eigenvalue weighted by atomic mass is 9.76. The Bertz CT molecular complexity index is 703. The normalized spacial score (nSPS) is 23.9. The SMILES string of the molecule is CC1CN(C(=N)N)NC1(Cc1ccccc1)c1ccccc1O. The summed E-state index contributed by atoms with van der Waals surface area (Å²) in [6, 6.07) is 17.5. The lowest BCUT2D eigenvalue weighted by molar-refractivity contribution is 0.245. The Balaban J connectivity index is 2.07. The van der Waals surface area contributed by atoms with Crippen LogP contribution in [0.25, 0.3) is 0 Å². The van der Waals surface area contributed by atoms with E-state index in [1.54, 1.807) is 11.1 Å². The summed E-state index contributed by atoms with van der Waals surface area (Å²) in [5.41, 5.74) is 10.6. The van der Waals surface area contributed by atoms with Crippen molar-refractivity contribution in [3.8, 4) is 5.75 Å². The summed E-state index contributed by atoms with van der Waals surface area (Å²) < 4.78 is 0. The van der Waals surface area contributed by atoms with Gasteiger partial charge in [-0.1, -0.05) is 55.5 Å². The number of hydrazine groups is 1. The molecule has 0 amide bonds. The molecule has 5 N–H and O–H groups in total. The van der Waals surface area contributed by atoms with Crippen LogP contribution in [-0.2, 0) is 12.0 Å². The fourth-order valence-corrected chi connectivity index (χ4v) is 3.39. The van der Waals surface area contributed by atoms with Crippen molar-refractivity contribution in [1.82, 2.24) is 10.4 Å². The van der Waals surface area contributed by atoms with Crippen molar-refractivity contribution in [2.24, 2.45) is 11.7 Å².